The van der Waals surface area contributed by atoms with Crippen LogP contribution < -0.4 is 0 Å². The highest BCUT2D eigenvalue weighted by atomic mass is 16.5. The summed E-state index contributed by atoms with van der Waals surface area (Å²) in [5.74, 6) is 0. The first-order chi connectivity index (χ1) is 11.8. The molecule has 1 atom stereocenters. The van der Waals surface area contributed by atoms with Gasteiger partial charge in [-0.05, 0) is 23.6 Å². The van der Waals surface area contributed by atoms with Crippen LogP contribution in [0.15, 0.2) is 66.2 Å². The fraction of sp³-hybridized carbons (Fsp3) is 0.286. The fourth-order valence-corrected chi connectivity index (χ4v) is 3.36. The molecule has 0 spiro atoms. The van der Waals surface area contributed by atoms with Gasteiger partial charge in [0.05, 0.1) is 19.3 Å². The van der Waals surface area contributed by atoms with E-state index < -0.39 is 5.54 Å². The predicted octanol–water partition coefficient (Wildman–Crippen LogP) is 3.84. The van der Waals surface area contributed by atoms with Crippen LogP contribution in [0, 0.1) is 11.3 Å². The molecule has 2 aromatic carbocycles. The Bertz CT molecular complexity index is 727. The maximum Gasteiger partial charge on any atom is 0.156 e. The van der Waals surface area contributed by atoms with Crippen LogP contribution in [-0.4, -0.2) is 31.2 Å². The normalized spacial score (nSPS) is 18.6. The lowest BCUT2D eigenvalue weighted by atomic mass is 9.81. The van der Waals surface area contributed by atoms with Gasteiger partial charge in [-0.15, -0.1) is 0 Å². The van der Waals surface area contributed by atoms with Gasteiger partial charge in [-0.25, -0.2) is 0 Å². The summed E-state index contributed by atoms with van der Waals surface area (Å²) in [6.45, 7) is 4.88. The third-order valence-electron chi connectivity index (χ3n) is 4.59. The van der Waals surface area contributed by atoms with Crippen LogP contribution in [0.25, 0.3) is 6.08 Å². The molecule has 0 aliphatic carbocycles. The Morgan fingerprint density at radius 3 is 2.21 bits per heavy atom. The average Bonchev–Trinajstić information content (AvgIpc) is 2.65. The lowest BCUT2D eigenvalue weighted by Gasteiger charge is -2.42. The van der Waals surface area contributed by atoms with Crippen molar-refractivity contribution in [2.24, 2.45) is 0 Å². The highest BCUT2D eigenvalue weighted by molar-refractivity contribution is 5.59. The Labute approximate surface area is 143 Å². The Morgan fingerprint density at radius 1 is 1.04 bits per heavy atom. The smallest absolute Gasteiger partial charge is 0.156 e. The van der Waals surface area contributed by atoms with Gasteiger partial charge in [0.2, 0.25) is 0 Å². The fourth-order valence-electron chi connectivity index (χ4n) is 3.36. The monoisotopic (exact) mass is 318 g/mol. The number of morpholine rings is 1. The van der Waals surface area contributed by atoms with E-state index in [-0.39, 0.29) is 0 Å². The Morgan fingerprint density at radius 2 is 1.62 bits per heavy atom. The maximum absolute atomic E-state index is 10.3. The molecule has 1 heterocycles. The molecule has 1 fully saturated rings. The third kappa shape index (κ3) is 3.12. The average molecular weight is 318 g/mol. The molecule has 24 heavy (non-hydrogen) atoms. The largest absolute Gasteiger partial charge is 0.379 e. The SMILES string of the molecule is C/C(=C\c1ccccc1)[C@](C#N)(c1ccccc1)N1CCOCC1. The summed E-state index contributed by atoms with van der Waals surface area (Å²) in [6, 6.07) is 22.9. The molecule has 1 aliphatic rings. The highest BCUT2D eigenvalue weighted by Gasteiger charge is 2.41. The first-order valence-corrected chi connectivity index (χ1v) is 8.31. The number of nitrogens with zero attached hydrogens (tertiary/aromatic N) is 2. The standard InChI is InChI=1S/C21H22N2O/c1-18(16-19-8-4-2-5-9-19)21(17-22,20-10-6-3-7-11-20)23-12-14-24-15-13-23/h2-11,16H,12-15H2,1H3/b18-16+/t21-/m1/s1. The van der Waals surface area contributed by atoms with Crippen molar-refractivity contribution in [1.29, 1.82) is 5.26 Å². The molecule has 0 amide bonds. The van der Waals surface area contributed by atoms with Crippen molar-refractivity contribution in [3.8, 4) is 6.07 Å². The van der Waals surface area contributed by atoms with E-state index in [9.17, 15) is 5.26 Å². The topological polar surface area (TPSA) is 36.3 Å². The second-order valence-corrected chi connectivity index (χ2v) is 6.03. The zero-order valence-electron chi connectivity index (χ0n) is 14.0. The van der Waals surface area contributed by atoms with Crippen molar-refractivity contribution in [2.45, 2.75) is 12.5 Å². The van der Waals surface area contributed by atoms with Crippen LogP contribution in [0.5, 0.6) is 0 Å². The van der Waals surface area contributed by atoms with Crippen molar-refractivity contribution >= 4 is 6.08 Å². The van der Waals surface area contributed by atoms with Crippen molar-refractivity contribution < 1.29 is 4.74 Å². The van der Waals surface area contributed by atoms with Gasteiger partial charge >= 0.3 is 0 Å². The summed E-state index contributed by atoms with van der Waals surface area (Å²) < 4.78 is 5.50. The van der Waals surface area contributed by atoms with E-state index in [1.807, 2.05) is 48.5 Å². The summed E-state index contributed by atoms with van der Waals surface area (Å²) in [5.41, 5.74) is 2.39. The van der Waals surface area contributed by atoms with Gasteiger partial charge < -0.3 is 4.74 Å². The molecule has 0 N–H and O–H groups in total. The molecule has 3 heteroatoms. The second-order valence-electron chi connectivity index (χ2n) is 6.03. The van der Waals surface area contributed by atoms with E-state index in [1.54, 1.807) is 0 Å². The molecule has 122 valence electrons. The van der Waals surface area contributed by atoms with Crippen molar-refractivity contribution in [3.63, 3.8) is 0 Å². The Balaban J connectivity index is 2.10. The van der Waals surface area contributed by atoms with Crippen LogP contribution >= 0.6 is 0 Å². The zero-order valence-corrected chi connectivity index (χ0v) is 14.0. The first-order valence-electron chi connectivity index (χ1n) is 8.31. The van der Waals surface area contributed by atoms with E-state index in [0.717, 1.165) is 29.8 Å². The summed E-state index contributed by atoms with van der Waals surface area (Å²) in [4.78, 5) is 2.24. The van der Waals surface area contributed by atoms with E-state index in [0.29, 0.717) is 13.2 Å². The Hall–Kier alpha value is -2.41. The number of nitriles is 1. The Kier molecular flexibility index (Phi) is 5.10. The van der Waals surface area contributed by atoms with Crippen molar-refractivity contribution in [1.82, 2.24) is 4.90 Å². The molecule has 0 bridgehead atoms. The number of hydrogen-bond donors (Lipinski definition) is 0. The van der Waals surface area contributed by atoms with E-state index in [4.69, 9.17) is 4.74 Å². The minimum absolute atomic E-state index is 0.662. The zero-order chi connectivity index (χ0) is 16.8. The lowest BCUT2D eigenvalue weighted by molar-refractivity contribution is 0.00577. The summed E-state index contributed by atoms with van der Waals surface area (Å²) in [7, 11) is 0. The number of benzene rings is 2. The molecule has 0 aromatic heterocycles. The summed E-state index contributed by atoms with van der Waals surface area (Å²) in [6.07, 6.45) is 2.12. The maximum atomic E-state index is 10.3. The van der Waals surface area contributed by atoms with Gasteiger partial charge in [-0.2, -0.15) is 5.26 Å². The lowest BCUT2D eigenvalue weighted by Crippen LogP contribution is -2.51. The second kappa shape index (κ2) is 7.44. The minimum Gasteiger partial charge on any atom is -0.379 e. The van der Waals surface area contributed by atoms with Crippen molar-refractivity contribution in [2.75, 3.05) is 26.3 Å². The molecule has 0 radical (unpaired) electrons. The molecule has 1 saturated heterocycles. The quantitative estimate of drug-likeness (QED) is 0.859. The molecular weight excluding hydrogens is 296 g/mol. The van der Waals surface area contributed by atoms with E-state index in [1.165, 1.54) is 0 Å². The molecule has 0 unspecified atom stereocenters. The van der Waals surface area contributed by atoms with Gasteiger partial charge in [-0.3, -0.25) is 4.90 Å². The molecular formula is C21H22N2O. The molecule has 3 nitrogen and oxygen atoms in total. The molecule has 3 rings (SSSR count). The van der Waals surface area contributed by atoms with Gasteiger partial charge in [0.25, 0.3) is 0 Å². The van der Waals surface area contributed by atoms with Gasteiger partial charge in [0.15, 0.2) is 5.54 Å². The first kappa shape index (κ1) is 16.4. The van der Waals surface area contributed by atoms with Crippen molar-refractivity contribution in [3.05, 3.63) is 77.4 Å². The molecule has 0 saturated carbocycles. The number of ether oxygens (including phenoxy) is 1. The van der Waals surface area contributed by atoms with Crippen LogP contribution in [0.3, 0.4) is 0 Å². The van der Waals surface area contributed by atoms with Gasteiger partial charge in [0, 0.05) is 13.1 Å². The van der Waals surface area contributed by atoms with Crippen LogP contribution in [0.2, 0.25) is 0 Å². The van der Waals surface area contributed by atoms with Crippen LogP contribution in [0.4, 0.5) is 0 Å². The van der Waals surface area contributed by atoms with Gasteiger partial charge in [-0.1, -0.05) is 66.7 Å². The number of rotatable bonds is 4. The van der Waals surface area contributed by atoms with Crippen LogP contribution in [-0.2, 0) is 10.3 Å². The third-order valence-corrected chi connectivity index (χ3v) is 4.59. The predicted molar refractivity (Wildman–Crippen MR) is 96.2 cm³/mol. The molecule has 1 aliphatic heterocycles. The van der Waals surface area contributed by atoms with E-state index in [2.05, 4.69) is 36.1 Å². The minimum atomic E-state index is -0.763. The molecule has 2 aromatic rings. The highest BCUT2D eigenvalue weighted by Crippen LogP contribution is 2.37. The summed E-state index contributed by atoms with van der Waals surface area (Å²) in [5, 5.41) is 10.3. The van der Waals surface area contributed by atoms with Crippen LogP contribution in [0.1, 0.15) is 18.1 Å². The summed E-state index contributed by atoms with van der Waals surface area (Å²) >= 11 is 0. The van der Waals surface area contributed by atoms with Gasteiger partial charge in [0.1, 0.15) is 0 Å². The van der Waals surface area contributed by atoms with E-state index >= 15 is 0 Å². The number of hydrogen-bond acceptors (Lipinski definition) is 3.